The van der Waals surface area contributed by atoms with Crippen LogP contribution in [0.2, 0.25) is 0 Å². The molecule has 0 aromatic carbocycles. The lowest BCUT2D eigenvalue weighted by Crippen LogP contribution is -2.34. The number of nitrogens with one attached hydrogen (secondary N) is 1. The normalized spacial score (nSPS) is 14.0. The Kier molecular flexibility index (Phi) is 4.25. The summed E-state index contributed by atoms with van der Waals surface area (Å²) >= 11 is 0. The standard InChI is InChI=1S/C17H21N5O/c1-12-5-6-16-20-15(9-17(23)21(16)11-12)10-18-13(2)14(3)22-8-4-7-19-22/h4-9,11,13-14,18H,10H2,1-3H3/t13-,14-/m0/s1. The second-order valence-electron chi connectivity index (χ2n) is 5.92. The quantitative estimate of drug-likeness (QED) is 0.782. The average Bonchev–Trinajstić information content (AvgIpc) is 3.07. The van der Waals surface area contributed by atoms with Crippen molar-refractivity contribution in [1.29, 1.82) is 0 Å². The molecule has 3 heterocycles. The number of hydrogen-bond acceptors (Lipinski definition) is 4. The lowest BCUT2D eigenvalue weighted by molar-refractivity contribution is 0.363. The number of pyridine rings is 1. The molecule has 0 aliphatic carbocycles. The number of aromatic nitrogens is 4. The molecule has 3 rings (SSSR count). The van der Waals surface area contributed by atoms with Gasteiger partial charge in [0.15, 0.2) is 0 Å². The third kappa shape index (κ3) is 3.32. The lowest BCUT2D eigenvalue weighted by atomic mass is 10.1. The van der Waals surface area contributed by atoms with Crippen molar-refractivity contribution in [2.45, 2.75) is 39.4 Å². The molecule has 6 heteroatoms. The van der Waals surface area contributed by atoms with Gasteiger partial charge in [0.1, 0.15) is 5.65 Å². The summed E-state index contributed by atoms with van der Waals surface area (Å²) in [5.41, 5.74) is 2.41. The second-order valence-corrected chi connectivity index (χ2v) is 5.92. The Morgan fingerprint density at radius 2 is 2.13 bits per heavy atom. The van der Waals surface area contributed by atoms with Gasteiger partial charge in [0, 0.05) is 37.2 Å². The van der Waals surface area contributed by atoms with Crippen LogP contribution in [0.3, 0.4) is 0 Å². The van der Waals surface area contributed by atoms with E-state index in [0.29, 0.717) is 12.2 Å². The van der Waals surface area contributed by atoms with E-state index in [9.17, 15) is 4.79 Å². The average molecular weight is 311 g/mol. The molecular formula is C17H21N5O. The van der Waals surface area contributed by atoms with Crippen LogP contribution in [0.4, 0.5) is 0 Å². The second kappa shape index (κ2) is 6.34. The van der Waals surface area contributed by atoms with Gasteiger partial charge in [0.25, 0.3) is 5.56 Å². The Balaban J connectivity index is 1.74. The maximum atomic E-state index is 12.2. The van der Waals surface area contributed by atoms with Crippen LogP contribution in [0.25, 0.3) is 5.65 Å². The minimum absolute atomic E-state index is 0.0525. The number of fused-ring (bicyclic) bond motifs is 1. The minimum Gasteiger partial charge on any atom is -0.307 e. The number of aryl methyl sites for hydroxylation is 1. The fourth-order valence-corrected chi connectivity index (χ4v) is 2.54. The summed E-state index contributed by atoms with van der Waals surface area (Å²) < 4.78 is 3.50. The predicted molar refractivity (Wildman–Crippen MR) is 89.4 cm³/mol. The van der Waals surface area contributed by atoms with Crippen LogP contribution in [0, 0.1) is 6.92 Å². The van der Waals surface area contributed by atoms with E-state index in [4.69, 9.17) is 0 Å². The van der Waals surface area contributed by atoms with Crippen LogP contribution >= 0.6 is 0 Å². The zero-order valence-corrected chi connectivity index (χ0v) is 13.6. The van der Waals surface area contributed by atoms with Crippen molar-refractivity contribution in [2.24, 2.45) is 0 Å². The molecule has 23 heavy (non-hydrogen) atoms. The van der Waals surface area contributed by atoms with E-state index in [0.717, 1.165) is 11.3 Å². The molecule has 3 aromatic rings. The van der Waals surface area contributed by atoms with Crippen molar-refractivity contribution in [3.63, 3.8) is 0 Å². The molecule has 0 spiro atoms. The molecule has 0 aliphatic heterocycles. The summed E-state index contributed by atoms with van der Waals surface area (Å²) in [4.78, 5) is 16.7. The minimum atomic E-state index is -0.0525. The Morgan fingerprint density at radius 1 is 1.30 bits per heavy atom. The highest BCUT2D eigenvalue weighted by Gasteiger charge is 2.14. The zero-order valence-electron chi connectivity index (χ0n) is 13.6. The Bertz CT molecular complexity index is 853. The monoisotopic (exact) mass is 311 g/mol. The number of hydrogen-bond donors (Lipinski definition) is 1. The summed E-state index contributed by atoms with van der Waals surface area (Å²) in [6.07, 6.45) is 5.53. The topological polar surface area (TPSA) is 64.2 Å². The van der Waals surface area contributed by atoms with E-state index in [1.807, 2.05) is 42.2 Å². The van der Waals surface area contributed by atoms with Gasteiger partial charge in [-0.15, -0.1) is 0 Å². The van der Waals surface area contributed by atoms with Gasteiger partial charge < -0.3 is 5.32 Å². The first kappa shape index (κ1) is 15.4. The third-order valence-corrected chi connectivity index (χ3v) is 4.13. The number of nitrogens with zero attached hydrogens (tertiary/aromatic N) is 4. The van der Waals surface area contributed by atoms with Crippen molar-refractivity contribution < 1.29 is 0 Å². The molecule has 0 saturated carbocycles. The van der Waals surface area contributed by atoms with Crippen LogP contribution < -0.4 is 10.9 Å². The molecule has 0 fully saturated rings. The first-order chi connectivity index (χ1) is 11.0. The van der Waals surface area contributed by atoms with E-state index >= 15 is 0 Å². The summed E-state index contributed by atoms with van der Waals surface area (Å²) in [6.45, 7) is 6.71. The van der Waals surface area contributed by atoms with Gasteiger partial charge in [-0.1, -0.05) is 6.07 Å². The van der Waals surface area contributed by atoms with Crippen LogP contribution in [-0.2, 0) is 6.54 Å². The lowest BCUT2D eigenvalue weighted by Gasteiger charge is -2.21. The van der Waals surface area contributed by atoms with Gasteiger partial charge in [-0.2, -0.15) is 5.10 Å². The van der Waals surface area contributed by atoms with E-state index in [1.54, 1.807) is 16.7 Å². The van der Waals surface area contributed by atoms with Gasteiger partial charge in [-0.25, -0.2) is 4.98 Å². The molecule has 0 aliphatic rings. The summed E-state index contributed by atoms with van der Waals surface area (Å²) in [5, 5.41) is 7.68. The summed E-state index contributed by atoms with van der Waals surface area (Å²) in [6, 6.07) is 7.75. The molecule has 6 nitrogen and oxygen atoms in total. The van der Waals surface area contributed by atoms with E-state index in [-0.39, 0.29) is 17.6 Å². The largest absolute Gasteiger partial charge is 0.307 e. The highest BCUT2D eigenvalue weighted by atomic mass is 16.1. The molecule has 1 N–H and O–H groups in total. The van der Waals surface area contributed by atoms with Crippen molar-refractivity contribution in [1.82, 2.24) is 24.5 Å². The highest BCUT2D eigenvalue weighted by molar-refractivity contribution is 5.39. The van der Waals surface area contributed by atoms with Gasteiger partial charge in [-0.05, 0) is 38.5 Å². The Labute approximate surface area is 134 Å². The maximum absolute atomic E-state index is 12.2. The predicted octanol–water partition coefficient (Wildman–Crippen LogP) is 1.94. The van der Waals surface area contributed by atoms with E-state index in [1.165, 1.54) is 0 Å². The molecular weight excluding hydrogens is 290 g/mol. The number of rotatable bonds is 5. The molecule has 0 amide bonds. The first-order valence-corrected chi connectivity index (χ1v) is 7.76. The van der Waals surface area contributed by atoms with Crippen LogP contribution in [0.1, 0.15) is 31.1 Å². The van der Waals surface area contributed by atoms with Crippen molar-refractivity contribution in [3.05, 3.63) is 64.5 Å². The van der Waals surface area contributed by atoms with Gasteiger partial charge in [0.05, 0.1) is 11.7 Å². The van der Waals surface area contributed by atoms with Crippen molar-refractivity contribution >= 4 is 5.65 Å². The van der Waals surface area contributed by atoms with E-state index in [2.05, 4.69) is 29.2 Å². The van der Waals surface area contributed by atoms with Crippen molar-refractivity contribution in [3.8, 4) is 0 Å². The summed E-state index contributed by atoms with van der Waals surface area (Å²) in [5.74, 6) is 0. The van der Waals surface area contributed by atoms with Gasteiger partial charge in [0.2, 0.25) is 0 Å². The fourth-order valence-electron chi connectivity index (χ4n) is 2.54. The maximum Gasteiger partial charge on any atom is 0.258 e. The fraction of sp³-hybridized carbons (Fsp3) is 0.353. The molecule has 0 bridgehead atoms. The molecule has 3 aromatic heterocycles. The molecule has 120 valence electrons. The highest BCUT2D eigenvalue weighted by Crippen LogP contribution is 2.10. The molecule has 0 unspecified atom stereocenters. The van der Waals surface area contributed by atoms with Crippen molar-refractivity contribution in [2.75, 3.05) is 0 Å². The molecule has 2 atom stereocenters. The first-order valence-electron chi connectivity index (χ1n) is 7.76. The third-order valence-electron chi connectivity index (χ3n) is 4.13. The Morgan fingerprint density at radius 3 is 2.87 bits per heavy atom. The van der Waals surface area contributed by atoms with Gasteiger partial charge >= 0.3 is 0 Å². The zero-order chi connectivity index (χ0) is 16.4. The molecule has 0 radical (unpaired) electrons. The van der Waals surface area contributed by atoms with E-state index < -0.39 is 0 Å². The van der Waals surface area contributed by atoms with Gasteiger partial charge in [-0.3, -0.25) is 13.9 Å². The van der Waals surface area contributed by atoms with Crippen LogP contribution in [0.5, 0.6) is 0 Å². The SMILES string of the molecule is Cc1ccc2nc(CN[C@@H](C)[C@H](C)n3cccn3)cc(=O)n2c1. The summed E-state index contributed by atoms with van der Waals surface area (Å²) in [7, 11) is 0. The van der Waals surface area contributed by atoms with Crippen LogP contribution in [-0.4, -0.2) is 25.2 Å². The van der Waals surface area contributed by atoms with Crippen LogP contribution in [0.15, 0.2) is 47.7 Å². The molecule has 0 saturated heterocycles. The Hall–Kier alpha value is -2.47. The smallest absolute Gasteiger partial charge is 0.258 e.